The number of nitrogens with zero attached hydrogens (tertiary/aromatic N) is 1. The second kappa shape index (κ2) is 8.08. The molecular formula is C23H18BrNO4S. The van der Waals surface area contributed by atoms with Crippen LogP contribution in [0.2, 0.25) is 0 Å². The molecule has 7 heteroatoms. The third-order valence-electron chi connectivity index (χ3n) is 5.04. The van der Waals surface area contributed by atoms with E-state index in [9.17, 15) is 14.7 Å². The van der Waals surface area contributed by atoms with Gasteiger partial charge in [-0.2, -0.15) is 0 Å². The number of halogens is 1. The van der Waals surface area contributed by atoms with E-state index in [0.29, 0.717) is 17.0 Å². The lowest BCUT2D eigenvalue weighted by atomic mass is 9.99. The molecule has 0 saturated carbocycles. The summed E-state index contributed by atoms with van der Waals surface area (Å²) in [6.07, 6.45) is 0. The van der Waals surface area contributed by atoms with Crippen LogP contribution >= 0.6 is 27.3 Å². The van der Waals surface area contributed by atoms with E-state index in [1.54, 1.807) is 43.5 Å². The Labute approximate surface area is 186 Å². The van der Waals surface area contributed by atoms with Crippen molar-refractivity contribution in [1.82, 2.24) is 0 Å². The normalized spacial score (nSPS) is 18.1. The predicted molar refractivity (Wildman–Crippen MR) is 121 cm³/mol. The van der Waals surface area contributed by atoms with Crippen LogP contribution in [0.25, 0.3) is 5.76 Å². The minimum absolute atomic E-state index is 0.0833. The second-order valence-corrected chi connectivity index (χ2v) is 8.68. The van der Waals surface area contributed by atoms with Crippen LogP contribution in [0.3, 0.4) is 0 Å². The fourth-order valence-corrected chi connectivity index (χ4v) is 4.58. The van der Waals surface area contributed by atoms with Crippen LogP contribution in [0, 0.1) is 6.92 Å². The number of methoxy groups -OCH3 is 1. The highest BCUT2D eigenvalue weighted by Gasteiger charge is 2.47. The molecule has 0 radical (unpaired) electrons. The monoisotopic (exact) mass is 483 g/mol. The zero-order chi connectivity index (χ0) is 21.4. The summed E-state index contributed by atoms with van der Waals surface area (Å²) >= 11 is 4.87. The number of carbonyl (C=O) groups excluding carboxylic acids is 2. The number of carbonyl (C=O) groups is 2. The van der Waals surface area contributed by atoms with E-state index in [1.165, 1.54) is 16.2 Å². The number of anilines is 1. The van der Waals surface area contributed by atoms with E-state index < -0.39 is 17.7 Å². The number of rotatable bonds is 4. The molecule has 2 aromatic carbocycles. The number of amides is 1. The summed E-state index contributed by atoms with van der Waals surface area (Å²) in [6, 6.07) is 15.3. The van der Waals surface area contributed by atoms with Crippen LogP contribution < -0.4 is 9.64 Å². The number of ketones is 1. The Bertz CT molecular complexity index is 1150. The molecule has 152 valence electrons. The minimum atomic E-state index is -0.706. The van der Waals surface area contributed by atoms with E-state index in [1.807, 2.05) is 30.5 Å². The quantitative estimate of drug-likeness (QED) is 0.304. The first-order valence-corrected chi connectivity index (χ1v) is 10.8. The molecule has 1 unspecified atom stereocenters. The van der Waals surface area contributed by atoms with Crippen molar-refractivity contribution in [3.63, 3.8) is 0 Å². The van der Waals surface area contributed by atoms with Crippen molar-refractivity contribution < 1.29 is 19.4 Å². The molecule has 3 aromatic rings. The van der Waals surface area contributed by atoms with Gasteiger partial charge in [0.15, 0.2) is 0 Å². The van der Waals surface area contributed by atoms with Gasteiger partial charge in [-0.15, -0.1) is 11.3 Å². The molecule has 1 aromatic heterocycles. The first-order chi connectivity index (χ1) is 14.4. The van der Waals surface area contributed by atoms with E-state index in [4.69, 9.17) is 4.74 Å². The molecule has 2 heterocycles. The Kier molecular flexibility index (Phi) is 5.49. The fourth-order valence-electron chi connectivity index (χ4n) is 3.51. The Morgan fingerprint density at radius 1 is 1.13 bits per heavy atom. The topological polar surface area (TPSA) is 66.8 Å². The first-order valence-electron chi connectivity index (χ1n) is 9.17. The van der Waals surface area contributed by atoms with Gasteiger partial charge in [0.2, 0.25) is 0 Å². The summed E-state index contributed by atoms with van der Waals surface area (Å²) in [7, 11) is 1.56. The van der Waals surface area contributed by atoms with Gasteiger partial charge in [-0.1, -0.05) is 28.1 Å². The molecule has 1 saturated heterocycles. The van der Waals surface area contributed by atoms with Gasteiger partial charge in [-0.3, -0.25) is 14.5 Å². The van der Waals surface area contributed by atoms with Crippen LogP contribution in [0.15, 0.2) is 70.0 Å². The number of thiophene rings is 1. The lowest BCUT2D eigenvalue weighted by Gasteiger charge is -2.24. The average Bonchev–Trinajstić information content (AvgIpc) is 3.37. The van der Waals surface area contributed by atoms with Gasteiger partial charge in [-0.05, 0) is 60.3 Å². The molecule has 1 fully saturated rings. The number of benzene rings is 2. The SMILES string of the molecule is COc1ccc(N2C(=O)C(=O)/C(=C(\O)c3ccc(Br)c(C)c3)C2c2cccs2)cc1. The smallest absolute Gasteiger partial charge is 0.300 e. The highest BCUT2D eigenvalue weighted by molar-refractivity contribution is 9.10. The maximum atomic E-state index is 13.0. The largest absolute Gasteiger partial charge is 0.507 e. The standard InChI is InChI=1S/C23H18BrNO4S/c1-13-12-14(5-10-17(13)24)21(26)19-20(18-4-3-11-30-18)25(23(28)22(19)27)15-6-8-16(29-2)9-7-15/h3-12,20,26H,1-2H3/b21-19-. The summed E-state index contributed by atoms with van der Waals surface area (Å²) in [5.41, 5.74) is 2.04. The lowest BCUT2D eigenvalue weighted by molar-refractivity contribution is -0.132. The van der Waals surface area contributed by atoms with Gasteiger partial charge >= 0.3 is 0 Å². The lowest BCUT2D eigenvalue weighted by Crippen LogP contribution is -2.29. The number of aliphatic hydroxyl groups excluding tert-OH is 1. The molecule has 30 heavy (non-hydrogen) atoms. The van der Waals surface area contributed by atoms with Gasteiger partial charge in [0.1, 0.15) is 17.6 Å². The molecule has 0 spiro atoms. The van der Waals surface area contributed by atoms with E-state index >= 15 is 0 Å². The van der Waals surface area contributed by atoms with Crippen LogP contribution in [0.1, 0.15) is 22.0 Å². The molecule has 4 rings (SSSR count). The number of aryl methyl sites for hydroxylation is 1. The summed E-state index contributed by atoms with van der Waals surface area (Å²) in [4.78, 5) is 28.3. The molecular weight excluding hydrogens is 466 g/mol. The third kappa shape index (κ3) is 3.44. The first kappa shape index (κ1) is 20.4. The van der Waals surface area contributed by atoms with E-state index in [-0.39, 0.29) is 11.3 Å². The maximum Gasteiger partial charge on any atom is 0.300 e. The zero-order valence-electron chi connectivity index (χ0n) is 16.3. The third-order valence-corrected chi connectivity index (χ3v) is 6.85. The van der Waals surface area contributed by atoms with Gasteiger partial charge in [0.05, 0.1) is 12.7 Å². The van der Waals surface area contributed by atoms with Gasteiger partial charge in [0.25, 0.3) is 11.7 Å². The summed E-state index contributed by atoms with van der Waals surface area (Å²) in [6.45, 7) is 1.90. The molecule has 1 aliphatic rings. The number of ether oxygens (including phenoxy) is 1. The average molecular weight is 484 g/mol. The fraction of sp³-hybridized carbons (Fsp3) is 0.130. The van der Waals surface area contributed by atoms with Gasteiger partial charge in [-0.25, -0.2) is 0 Å². The predicted octanol–water partition coefficient (Wildman–Crippen LogP) is 5.45. The zero-order valence-corrected chi connectivity index (χ0v) is 18.7. The summed E-state index contributed by atoms with van der Waals surface area (Å²) < 4.78 is 6.09. The Hall–Kier alpha value is -2.90. The van der Waals surface area contributed by atoms with Crippen LogP contribution in [-0.2, 0) is 9.59 Å². The van der Waals surface area contributed by atoms with Crippen molar-refractivity contribution in [2.75, 3.05) is 12.0 Å². The summed E-state index contributed by atoms with van der Waals surface area (Å²) in [5.74, 6) is -0.914. The van der Waals surface area contributed by atoms with Crippen molar-refractivity contribution in [2.45, 2.75) is 13.0 Å². The van der Waals surface area contributed by atoms with Crippen molar-refractivity contribution >= 4 is 50.4 Å². The maximum absolute atomic E-state index is 13.0. The Morgan fingerprint density at radius 3 is 2.47 bits per heavy atom. The van der Waals surface area contributed by atoms with Crippen molar-refractivity contribution in [1.29, 1.82) is 0 Å². The van der Waals surface area contributed by atoms with E-state index in [2.05, 4.69) is 15.9 Å². The van der Waals surface area contributed by atoms with Crippen molar-refractivity contribution in [3.05, 3.63) is 86.0 Å². The highest BCUT2D eigenvalue weighted by Crippen LogP contribution is 2.44. The van der Waals surface area contributed by atoms with Crippen molar-refractivity contribution in [2.24, 2.45) is 0 Å². The van der Waals surface area contributed by atoms with Gasteiger partial charge < -0.3 is 9.84 Å². The minimum Gasteiger partial charge on any atom is -0.507 e. The van der Waals surface area contributed by atoms with Crippen molar-refractivity contribution in [3.8, 4) is 5.75 Å². The Balaban J connectivity index is 1.90. The highest BCUT2D eigenvalue weighted by atomic mass is 79.9. The molecule has 1 N–H and O–H groups in total. The summed E-state index contributed by atoms with van der Waals surface area (Å²) in [5, 5.41) is 13.0. The molecule has 1 amide bonds. The molecule has 5 nitrogen and oxygen atoms in total. The number of Topliss-reactive ketones (excluding diaryl/α,β-unsaturated/α-hetero) is 1. The Morgan fingerprint density at radius 2 is 1.87 bits per heavy atom. The molecule has 1 aliphatic heterocycles. The number of aliphatic hydroxyl groups is 1. The molecule has 0 bridgehead atoms. The number of hydrogen-bond acceptors (Lipinski definition) is 5. The van der Waals surface area contributed by atoms with Gasteiger partial charge in [0, 0.05) is 20.6 Å². The van der Waals surface area contributed by atoms with Crippen LogP contribution in [-0.4, -0.2) is 23.9 Å². The molecule has 1 atom stereocenters. The van der Waals surface area contributed by atoms with Crippen LogP contribution in [0.5, 0.6) is 5.75 Å². The van der Waals surface area contributed by atoms with Crippen LogP contribution in [0.4, 0.5) is 5.69 Å². The number of hydrogen-bond donors (Lipinski definition) is 1. The van der Waals surface area contributed by atoms with E-state index in [0.717, 1.165) is 14.9 Å². The molecule has 0 aliphatic carbocycles. The second-order valence-electron chi connectivity index (χ2n) is 6.85.